The fraction of sp³-hybridized carbons (Fsp3) is 0.381. The minimum atomic E-state index is -0.762. The first kappa shape index (κ1) is 20.9. The summed E-state index contributed by atoms with van der Waals surface area (Å²) in [6.07, 6.45) is -1.06. The molecule has 0 aliphatic rings. The van der Waals surface area contributed by atoms with E-state index in [1.54, 1.807) is 36.4 Å². The van der Waals surface area contributed by atoms with Crippen molar-refractivity contribution >= 4 is 5.78 Å². The van der Waals surface area contributed by atoms with Gasteiger partial charge in [-0.2, -0.15) is 0 Å². The highest BCUT2D eigenvalue weighted by Crippen LogP contribution is 2.19. The van der Waals surface area contributed by atoms with Crippen LogP contribution in [0.1, 0.15) is 42.3 Å². The zero-order valence-electron chi connectivity index (χ0n) is 15.6. The van der Waals surface area contributed by atoms with E-state index in [1.165, 1.54) is 12.1 Å². The van der Waals surface area contributed by atoms with E-state index >= 15 is 0 Å². The number of rotatable bonds is 10. The third-order valence-corrected chi connectivity index (χ3v) is 4.32. The summed E-state index contributed by atoms with van der Waals surface area (Å²) in [5.41, 5.74) is 1.32. The number of Topliss-reactive ketones (excluding diaryl/α,β-unsaturated/α-hetero) is 1. The van der Waals surface area contributed by atoms with Gasteiger partial charge in [-0.15, -0.1) is 0 Å². The van der Waals surface area contributed by atoms with E-state index in [4.69, 9.17) is 4.74 Å². The fourth-order valence-electron chi connectivity index (χ4n) is 2.59. The lowest BCUT2D eigenvalue weighted by molar-refractivity contribution is 0.0875. The minimum absolute atomic E-state index is 0.0759. The van der Waals surface area contributed by atoms with Crippen LogP contribution in [0.2, 0.25) is 0 Å². The Balaban J connectivity index is 1.76. The van der Waals surface area contributed by atoms with Crippen molar-refractivity contribution in [1.82, 2.24) is 5.32 Å². The molecule has 0 heterocycles. The molecule has 0 amide bonds. The number of ether oxygens (including phenoxy) is 1. The van der Waals surface area contributed by atoms with Gasteiger partial charge >= 0.3 is 0 Å². The molecule has 3 atom stereocenters. The summed E-state index contributed by atoms with van der Waals surface area (Å²) < 4.78 is 5.54. The predicted octanol–water partition coefficient (Wildman–Crippen LogP) is 2.44. The Bertz CT molecular complexity index is 714. The number of carbonyl (C=O) groups excluding carboxylic acids is 1. The van der Waals surface area contributed by atoms with Gasteiger partial charge in [-0.1, -0.05) is 19.1 Å². The Kier molecular flexibility index (Phi) is 7.79. The summed E-state index contributed by atoms with van der Waals surface area (Å²) in [7, 11) is 0. The number of benzene rings is 2. The molecule has 0 spiro atoms. The zero-order chi connectivity index (χ0) is 19.8. The van der Waals surface area contributed by atoms with Crippen LogP contribution in [-0.2, 0) is 0 Å². The normalized spacial score (nSPS) is 14.4. The van der Waals surface area contributed by atoms with Crippen LogP contribution < -0.4 is 10.1 Å². The first-order chi connectivity index (χ1) is 12.9. The highest BCUT2D eigenvalue weighted by Gasteiger charge is 2.17. The number of phenolic OH excluding ortho intramolecular Hbond substituents is 1. The van der Waals surface area contributed by atoms with Gasteiger partial charge < -0.3 is 25.4 Å². The van der Waals surface area contributed by atoms with Crippen LogP contribution in [0, 0.1) is 0 Å². The Morgan fingerprint density at radius 1 is 1.07 bits per heavy atom. The van der Waals surface area contributed by atoms with Crippen LogP contribution in [0.25, 0.3) is 0 Å². The van der Waals surface area contributed by atoms with Gasteiger partial charge in [-0.25, -0.2) is 0 Å². The summed E-state index contributed by atoms with van der Waals surface area (Å²) in [5, 5.41) is 32.8. The van der Waals surface area contributed by atoms with E-state index in [1.807, 2.05) is 13.8 Å². The number of hydrogen-bond acceptors (Lipinski definition) is 6. The number of aliphatic hydroxyl groups is 2. The molecule has 0 saturated heterocycles. The van der Waals surface area contributed by atoms with E-state index in [2.05, 4.69) is 5.32 Å². The van der Waals surface area contributed by atoms with Crippen LogP contribution in [0.3, 0.4) is 0 Å². The van der Waals surface area contributed by atoms with E-state index < -0.39 is 12.2 Å². The topological polar surface area (TPSA) is 99.0 Å². The number of hydrogen-bond donors (Lipinski definition) is 4. The average molecular weight is 373 g/mol. The van der Waals surface area contributed by atoms with E-state index in [0.717, 1.165) is 0 Å². The second-order valence-corrected chi connectivity index (χ2v) is 6.50. The molecular weight excluding hydrogens is 346 g/mol. The minimum Gasteiger partial charge on any atom is -0.508 e. The first-order valence-corrected chi connectivity index (χ1v) is 9.05. The highest BCUT2D eigenvalue weighted by atomic mass is 16.5. The third kappa shape index (κ3) is 6.36. The molecular formula is C21H27NO5. The Morgan fingerprint density at radius 2 is 1.70 bits per heavy atom. The molecule has 4 N–H and O–H groups in total. The Morgan fingerprint density at radius 3 is 2.30 bits per heavy atom. The number of aliphatic hydroxyl groups excluding tert-OH is 2. The Hall–Kier alpha value is -2.41. The summed E-state index contributed by atoms with van der Waals surface area (Å²) >= 11 is 0. The van der Waals surface area contributed by atoms with Crippen molar-refractivity contribution < 1.29 is 24.9 Å². The summed E-state index contributed by atoms with van der Waals surface area (Å²) in [4.78, 5) is 11.6. The molecule has 2 rings (SSSR count). The monoisotopic (exact) mass is 373 g/mol. The quantitative estimate of drug-likeness (QED) is 0.478. The van der Waals surface area contributed by atoms with E-state index in [0.29, 0.717) is 23.3 Å². The molecule has 0 aromatic heterocycles. The van der Waals surface area contributed by atoms with E-state index in [-0.39, 0.29) is 30.7 Å². The molecule has 0 fully saturated rings. The van der Waals surface area contributed by atoms with Gasteiger partial charge in [0, 0.05) is 24.6 Å². The van der Waals surface area contributed by atoms with Gasteiger partial charge in [-0.3, -0.25) is 4.79 Å². The third-order valence-electron chi connectivity index (χ3n) is 4.32. The fourth-order valence-corrected chi connectivity index (χ4v) is 2.59. The largest absolute Gasteiger partial charge is 0.508 e. The van der Waals surface area contributed by atoms with Gasteiger partial charge in [0.2, 0.25) is 0 Å². The standard InChI is InChI=1S/C21H27NO5/c1-3-20(25)15-6-10-19(11-7-15)27-13-18(24)12-22-14(2)21(26)16-4-8-17(23)9-5-16/h4-11,14,18,21-24,26H,3,12-13H2,1-2H3/t14-,18+,21-/m0/s1. The first-order valence-electron chi connectivity index (χ1n) is 9.05. The van der Waals surface area contributed by atoms with Gasteiger partial charge in [0.25, 0.3) is 0 Å². The maximum absolute atomic E-state index is 11.6. The van der Waals surface area contributed by atoms with Crippen LogP contribution >= 0.6 is 0 Å². The molecule has 2 aromatic rings. The lowest BCUT2D eigenvalue weighted by atomic mass is 10.0. The smallest absolute Gasteiger partial charge is 0.162 e. The molecule has 0 aliphatic carbocycles. The Labute approximate surface area is 159 Å². The van der Waals surface area contributed by atoms with Crippen molar-refractivity contribution in [2.75, 3.05) is 13.2 Å². The molecule has 2 aromatic carbocycles. The van der Waals surface area contributed by atoms with Gasteiger partial charge in [0.1, 0.15) is 24.2 Å². The number of ketones is 1. The number of nitrogens with one attached hydrogen (secondary N) is 1. The molecule has 146 valence electrons. The maximum Gasteiger partial charge on any atom is 0.162 e. The van der Waals surface area contributed by atoms with Gasteiger partial charge in [0.05, 0.1) is 6.10 Å². The zero-order valence-corrected chi connectivity index (χ0v) is 15.6. The van der Waals surface area contributed by atoms with Gasteiger partial charge in [-0.05, 0) is 48.9 Å². The number of phenols is 1. The average Bonchev–Trinajstić information content (AvgIpc) is 2.70. The molecule has 6 nitrogen and oxygen atoms in total. The summed E-state index contributed by atoms with van der Waals surface area (Å²) in [6, 6.07) is 12.9. The number of carbonyl (C=O) groups is 1. The second-order valence-electron chi connectivity index (χ2n) is 6.50. The van der Waals surface area contributed by atoms with Crippen molar-refractivity contribution in [2.24, 2.45) is 0 Å². The van der Waals surface area contributed by atoms with Crippen LogP contribution in [0.15, 0.2) is 48.5 Å². The maximum atomic E-state index is 11.6. The second kappa shape index (κ2) is 10.1. The van der Waals surface area contributed by atoms with Gasteiger partial charge in [0.15, 0.2) is 5.78 Å². The van der Waals surface area contributed by atoms with Crippen molar-refractivity contribution in [3.63, 3.8) is 0 Å². The predicted molar refractivity (Wildman–Crippen MR) is 103 cm³/mol. The van der Waals surface area contributed by atoms with Crippen LogP contribution in [0.4, 0.5) is 0 Å². The van der Waals surface area contributed by atoms with Crippen molar-refractivity contribution in [2.45, 2.75) is 38.5 Å². The molecule has 27 heavy (non-hydrogen) atoms. The van der Waals surface area contributed by atoms with Crippen LogP contribution in [0.5, 0.6) is 11.5 Å². The highest BCUT2D eigenvalue weighted by molar-refractivity contribution is 5.95. The molecule has 0 unspecified atom stereocenters. The van der Waals surface area contributed by atoms with Crippen molar-refractivity contribution in [3.8, 4) is 11.5 Å². The molecule has 0 aliphatic heterocycles. The summed E-state index contributed by atoms with van der Waals surface area (Å²) in [6.45, 7) is 3.98. The van der Waals surface area contributed by atoms with E-state index in [9.17, 15) is 20.1 Å². The lowest BCUT2D eigenvalue weighted by Crippen LogP contribution is -2.39. The SMILES string of the molecule is CCC(=O)c1ccc(OC[C@H](O)CN[C@@H](C)[C@H](O)c2ccc(O)cc2)cc1. The molecule has 6 heteroatoms. The summed E-state index contributed by atoms with van der Waals surface area (Å²) in [5.74, 6) is 0.803. The number of aromatic hydroxyl groups is 1. The molecule has 0 radical (unpaired) electrons. The molecule has 0 saturated carbocycles. The van der Waals surface area contributed by atoms with Crippen molar-refractivity contribution in [1.29, 1.82) is 0 Å². The lowest BCUT2D eigenvalue weighted by Gasteiger charge is -2.22. The van der Waals surface area contributed by atoms with Crippen molar-refractivity contribution in [3.05, 3.63) is 59.7 Å². The van der Waals surface area contributed by atoms with Crippen LogP contribution in [-0.4, -0.2) is 46.4 Å². The molecule has 0 bridgehead atoms.